The first kappa shape index (κ1) is 18.5. The van der Waals surface area contributed by atoms with Crippen LogP contribution in [0.25, 0.3) is 0 Å². The molecule has 1 aliphatic rings. The molecule has 0 aliphatic carbocycles. The molecular weight excluding hydrogens is 382 g/mol. The largest absolute Gasteiger partial charge is 0.497 e. The van der Waals surface area contributed by atoms with E-state index in [1.807, 2.05) is 24.3 Å². The number of nitrogens with one attached hydrogen (secondary N) is 1. The zero-order valence-electron chi connectivity index (χ0n) is 13.5. The minimum atomic E-state index is -3.70. The van der Waals surface area contributed by atoms with Crippen LogP contribution < -0.4 is 9.46 Å². The summed E-state index contributed by atoms with van der Waals surface area (Å²) in [5.74, 6) is 1.55. The zero-order chi connectivity index (χ0) is 17.9. The number of methoxy groups -OCH3 is 1. The summed E-state index contributed by atoms with van der Waals surface area (Å²) in [7, 11) is -2.09. The number of hydrogen-bond donors (Lipinski definition) is 1. The van der Waals surface area contributed by atoms with Crippen LogP contribution in [0.15, 0.2) is 53.4 Å². The second kappa shape index (κ2) is 7.97. The molecule has 0 saturated carbocycles. The van der Waals surface area contributed by atoms with Crippen LogP contribution in [0.5, 0.6) is 5.75 Å². The van der Waals surface area contributed by atoms with Gasteiger partial charge in [-0.2, -0.15) is 4.72 Å². The van der Waals surface area contributed by atoms with Gasteiger partial charge in [-0.05, 0) is 42.0 Å². The first-order valence-electron chi connectivity index (χ1n) is 7.65. The fraction of sp³-hybridized carbons (Fsp3) is 0.294. The Kier molecular flexibility index (Phi) is 5.91. The smallest absolute Gasteiger partial charge is 0.242 e. The Morgan fingerprint density at radius 2 is 1.84 bits per heavy atom. The normalized spacial score (nSPS) is 21.0. The van der Waals surface area contributed by atoms with E-state index in [0.29, 0.717) is 11.6 Å². The van der Waals surface area contributed by atoms with Crippen LogP contribution in [0.3, 0.4) is 0 Å². The van der Waals surface area contributed by atoms with Crippen LogP contribution in [0.2, 0.25) is 5.02 Å². The van der Waals surface area contributed by atoms with Crippen LogP contribution in [-0.2, 0) is 14.8 Å². The van der Waals surface area contributed by atoms with E-state index < -0.39 is 16.3 Å². The van der Waals surface area contributed by atoms with Gasteiger partial charge < -0.3 is 9.47 Å². The maximum absolute atomic E-state index is 12.6. The molecule has 3 rings (SSSR count). The highest BCUT2D eigenvalue weighted by atomic mass is 35.5. The third-order valence-electron chi connectivity index (χ3n) is 3.79. The van der Waals surface area contributed by atoms with E-state index in [9.17, 15) is 8.42 Å². The van der Waals surface area contributed by atoms with Gasteiger partial charge in [0.15, 0.2) is 0 Å². The number of sulfonamides is 1. The van der Waals surface area contributed by atoms with Gasteiger partial charge in [0.2, 0.25) is 10.0 Å². The highest BCUT2D eigenvalue weighted by Gasteiger charge is 2.32. The third-order valence-corrected chi connectivity index (χ3v) is 6.76. The summed E-state index contributed by atoms with van der Waals surface area (Å²) in [4.78, 5) is 0.157. The highest BCUT2D eigenvalue weighted by Crippen LogP contribution is 2.37. The van der Waals surface area contributed by atoms with Crippen molar-refractivity contribution >= 4 is 33.4 Å². The molecule has 134 valence electrons. The average Bonchev–Trinajstić information content (AvgIpc) is 2.62. The third kappa shape index (κ3) is 4.48. The zero-order valence-corrected chi connectivity index (χ0v) is 15.9. The summed E-state index contributed by atoms with van der Waals surface area (Å²) in [6.07, 6.45) is -0.646. The number of benzene rings is 2. The Morgan fingerprint density at radius 1 is 1.16 bits per heavy atom. The summed E-state index contributed by atoms with van der Waals surface area (Å²) in [6, 6.07) is 13.6. The fourth-order valence-electron chi connectivity index (χ4n) is 2.52. The van der Waals surface area contributed by atoms with E-state index in [2.05, 4.69) is 4.72 Å². The predicted octanol–water partition coefficient (Wildman–Crippen LogP) is 3.46. The number of hydrogen-bond acceptors (Lipinski definition) is 5. The maximum atomic E-state index is 12.6. The molecule has 0 bridgehead atoms. The topological polar surface area (TPSA) is 64.6 Å². The molecule has 2 aromatic carbocycles. The van der Waals surface area contributed by atoms with Gasteiger partial charge in [-0.1, -0.05) is 23.7 Å². The second-order valence-electron chi connectivity index (χ2n) is 5.43. The molecule has 0 amide bonds. The molecule has 1 saturated heterocycles. The van der Waals surface area contributed by atoms with Crippen LogP contribution in [-0.4, -0.2) is 34.1 Å². The van der Waals surface area contributed by atoms with E-state index in [1.165, 1.54) is 12.1 Å². The lowest BCUT2D eigenvalue weighted by Gasteiger charge is -2.32. The van der Waals surface area contributed by atoms with Crippen LogP contribution in [0.4, 0.5) is 0 Å². The lowest BCUT2D eigenvalue weighted by atomic mass is 10.1. The van der Waals surface area contributed by atoms with Gasteiger partial charge >= 0.3 is 0 Å². The van der Waals surface area contributed by atoms with Crippen molar-refractivity contribution in [3.05, 3.63) is 59.1 Å². The molecule has 8 heteroatoms. The second-order valence-corrected chi connectivity index (χ2v) is 8.83. The lowest BCUT2D eigenvalue weighted by molar-refractivity contribution is 0.0480. The van der Waals surface area contributed by atoms with Gasteiger partial charge in [0.25, 0.3) is 0 Å². The summed E-state index contributed by atoms with van der Waals surface area (Å²) in [6.45, 7) is 0.491. The minimum Gasteiger partial charge on any atom is -0.497 e. The van der Waals surface area contributed by atoms with Crippen LogP contribution in [0.1, 0.15) is 10.8 Å². The monoisotopic (exact) mass is 399 g/mol. The molecule has 1 N–H and O–H groups in total. The van der Waals surface area contributed by atoms with Gasteiger partial charge in [0.05, 0.1) is 23.9 Å². The molecule has 0 aromatic heterocycles. The average molecular weight is 400 g/mol. The van der Waals surface area contributed by atoms with Gasteiger partial charge in [0, 0.05) is 10.8 Å². The van der Waals surface area contributed by atoms with E-state index >= 15 is 0 Å². The summed E-state index contributed by atoms with van der Waals surface area (Å²) in [5.41, 5.74) is 0.981. The number of ether oxygens (including phenoxy) is 2. The molecule has 0 spiro atoms. The van der Waals surface area contributed by atoms with Crippen molar-refractivity contribution in [2.45, 2.75) is 16.4 Å². The number of rotatable bonds is 5. The van der Waals surface area contributed by atoms with E-state index in [0.717, 1.165) is 17.1 Å². The van der Waals surface area contributed by atoms with Crippen LogP contribution in [0, 0.1) is 0 Å². The SMILES string of the molecule is COc1ccc(C2SCCOC2NS(=O)(=O)c2ccc(Cl)cc2)cc1. The van der Waals surface area contributed by atoms with Crippen molar-refractivity contribution in [1.29, 1.82) is 0 Å². The van der Waals surface area contributed by atoms with Gasteiger partial charge in [-0.25, -0.2) is 8.42 Å². The number of thioether (sulfide) groups is 1. The van der Waals surface area contributed by atoms with Gasteiger partial charge in [0.1, 0.15) is 12.0 Å². The molecule has 1 fully saturated rings. The Balaban J connectivity index is 1.81. The summed E-state index contributed by atoms with van der Waals surface area (Å²) >= 11 is 7.49. The van der Waals surface area contributed by atoms with Gasteiger partial charge in [-0.15, -0.1) is 11.8 Å². The van der Waals surface area contributed by atoms with Crippen molar-refractivity contribution in [1.82, 2.24) is 4.72 Å². The highest BCUT2D eigenvalue weighted by molar-refractivity contribution is 7.99. The Labute approximate surface area is 156 Å². The van der Waals surface area contributed by atoms with E-state index in [1.54, 1.807) is 31.0 Å². The molecule has 0 radical (unpaired) electrons. The number of halogens is 1. The Hall–Kier alpha value is -1.25. The molecule has 2 aromatic rings. The molecule has 2 atom stereocenters. The Morgan fingerprint density at radius 3 is 2.48 bits per heavy atom. The predicted molar refractivity (Wildman–Crippen MR) is 99.7 cm³/mol. The van der Waals surface area contributed by atoms with E-state index in [4.69, 9.17) is 21.1 Å². The van der Waals surface area contributed by atoms with Crippen molar-refractivity contribution in [3.63, 3.8) is 0 Å². The first-order chi connectivity index (χ1) is 12.0. The molecule has 1 aliphatic heterocycles. The van der Waals surface area contributed by atoms with Crippen molar-refractivity contribution in [2.24, 2.45) is 0 Å². The summed E-state index contributed by atoms with van der Waals surface area (Å²) in [5, 5.41) is 0.348. The maximum Gasteiger partial charge on any atom is 0.242 e. The van der Waals surface area contributed by atoms with Crippen molar-refractivity contribution < 1.29 is 17.9 Å². The Bertz CT molecular complexity index is 810. The van der Waals surface area contributed by atoms with E-state index in [-0.39, 0.29) is 10.1 Å². The van der Waals surface area contributed by atoms with Crippen molar-refractivity contribution in [2.75, 3.05) is 19.5 Å². The summed E-state index contributed by atoms with van der Waals surface area (Å²) < 4.78 is 38.8. The molecule has 25 heavy (non-hydrogen) atoms. The standard InChI is InChI=1S/C17H18ClNO4S2/c1-22-14-6-2-12(3-7-14)16-17(23-10-11-24-16)19-25(20,21)15-8-4-13(18)5-9-15/h2-9,16-17,19H,10-11H2,1H3. The van der Waals surface area contributed by atoms with Crippen LogP contribution >= 0.6 is 23.4 Å². The van der Waals surface area contributed by atoms with Crippen molar-refractivity contribution in [3.8, 4) is 5.75 Å². The fourth-order valence-corrected chi connectivity index (χ4v) is 4.99. The first-order valence-corrected chi connectivity index (χ1v) is 10.6. The molecule has 1 heterocycles. The molecule has 5 nitrogen and oxygen atoms in total. The lowest BCUT2D eigenvalue weighted by Crippen LogP contribution is -2.43. The minimum absolute atomic E-state index is 0.137. The molecular formula is C17H18ClNO4S2. The quantitative estimate of drug-likeness (QED) is 0.834. The molecule has 2 unspecified atom stereocenters. The van der Waals surface area contributed by atoms with Gasteiger partial charge in [-0.3, -0.25) is 0 Å².